The molecule has 0 atom stereocenters. The van der Waals surface area contributed by atoms with Crippen molar-refractivity contribution in [1.29, 1.82) is 0 Å². The Bertz CT molecular complexity index is 537. The summed E-state index contributed by atoms with van der Waals surface area (Å²) < 4.78 is 11.0. The molecule has 0 spiro atoms. The number of rotatable bonds is 6. The van der Waals surface area contributed by atoms with E-state index in [-0.39, 0.29) is 0 Å². The van der Waals surface area contributed by atoms with Gasteiger partial charge in [0.1, 0.15) is 0 Å². The third-order valence-electron chi connectivity index (χ3n) is 4.36. The van der Waals surface area contributed by atoms with E-state index in [1.165, 1.54) is 12.8 Å². The minimum atomic E-state index is 0.631. The molecule has 0 amide bonds. The van der Waals surface area contributed by atoms with Crippen LogP contribution < -0.4 is 14.8 Å². The van der Waals surface area contributed by atoms with Crippen LogP contribution in [0.3, 0.4) is 0 Å². The van der Waals surface area contributed by atoms with Crippen LogP contribution in [0.1, 0.15) is 39.2 Å². The van der Waals surface area contributed by atoms with E-state index in [1.807, 2.05) is 19.1 Å². The molecule has 1 aliphatic heterocycles. The highest BCUT2D eigenvalue weighted by molar-refractivity contribution is 5.80. The molecule has 1 heterocycles. The van der Waals surface area contributed by atoms with E-state index in [0.29, 0.717) is 13.2 Å². The number of likely N-dealkylation sites (tertiary alicyclic amines) is 1. The molecule has 2 rings (SSSR count). The maximum Gasteiger partial charge on any atom is 0.194 e. The van der Waals surface area contributed by atoms with Crippen molar-refractivity contribution in [3.05, 3.63) is 23.8 Å². The molecule has 24 heavy (non-hydrogen) atoms. The lowest BCUT2D eigenvalue weighted by atomic mass is 10.00. The van der Waals surface area contributed by atoms with Gasteiger partial charge in [0.25, 0.3) is 0 Å². The Balaban J connectivity index is 2.07. The Labute approximate surface area is 146 Å². The summed E-state index contributed by atoms with van der Waals surface area (Å²) in [6.45, 7) is 10.7. The van der Waals surface area contributed by atoms with Crippen LogP contribution in [0.2, 0.25) is 0 Å². The number of guanidine groups is 1. The zero-order valence-corrected chi connectivity index (χ0v) is 15.5. The summed E-state index contributed by atoms with van der Waals surface area (Å²) in [5, 5.41) is 3.42. The Morgan fingerprint density at radius 2 is 2.00 bits per heavy atom. The first-order chi connectivity index (χ1) is 11.7. The van der Waals surface area contributed by atoms with E-state index in [9.17, 15) is 0 Å². The quantitative estimate of drug-likeness (QED) is 0.641. The lowest BCUT2D eigenvalue weighted by molar-refractivity contribution is 0.273. The number of nitrogens with zero attached hydrogens (tertiary/aromatic N) is 2. The number of hydrogen-bond acceptors (Lipinski definition) is 3. The Kier molecular flexibility index (Phi) is 7.22. The highest BCUT2D eigenvalue weighted by Crippen LogP contribution is 2.28. The van der Waals surface area contributed by atoms with Gasteiger partial charge in [-0.15, -0.1) is 0 Å². The standard InChI is InChI=1S/C19H31N3O2/c1-5-20-19(22-11-9-15(3)10-12-22)21-14-16-7-8-17(24-6-2)18(13-16)23-4/h7-8,13,15H,5-6,9-12,14H2,1-4H3,(H,20,21). The summed E-state index contributed by atoms with van der Waals surface area (Å²) in [4.78, 5) is 7.19. The van der Waals surface area contributed by atoms with Crippen LogP contribution >= 0.6 is 0 Å². The van der Waals surface area contributed by atoms with Crippen molar-refractivity contribution >= 4 is 5.96 Å². The zero-order chi connectivity index (χ0) is 17.4. The van der Waals surface area contributed by atoms with Crippen LogP contribution in [0, 0.1) is 5.92 Å². The third-order valence-corrected chi connectivity index (χ3v) is 4.36. The zero-order valence-electron chi connectivity index (χ0n) is 15.5. The second kappa shape index (κ2) is 9.40. The van der Waals surface area contributed by atoms with Crippen LogP contribution in [0.4, 0.5) is 0 Å². The van der Waals surface area contributed by atoms with Crippen LogP contribution in [0.15, 0.2) is 23.2 Å². The van der Waals surface area contributed by atoms with Crippen LogP contribution in [0.5, 0.6) is 11.5 Å². The minimum absolute atomic E-state index is 0.631. The Morgan fingerprint density at radius 3 is 2.62 bits per heavy atom. The van der Waals surface area contributed by atoms with Crippen molar-refractivity contribution in [1.82, 2.24) is 10.2 Å². The molecule has 1 N–H and O–H groups in total. The number of hydrogen-bond donors (Lipinski definition) is 1. The van der Waals surface area contributed by atoms with Gasteiger partial charge >= 0.3 is 0 Å². The molecule has 0 saturated carbocycles. The van der Waals surface area contributed by atoms with Gasteiger partial charge in [0, 0.05) is 19.6 Å². The van der Waals surface area contributed by atoms with Crippen molar-refractivity contribution in [2.24, 2.45) is 10.9 Å². The summed E-state index contributed by atoms with van der Waals surface area (Å²) >= 11 is 0. The van der Waals surface area contributed by atoms with E-state index in [4.69, 9.17) is 14.5 Å². The fraction of sp³-hybridized carbons (Fsp3) is 0.632. The lowest BCUT2D eigenvalue weighted by Crippen LogP contribution is -2.45. The number of aliphatic imine (C=N–C) groups is 1. The van der Waals surface area contributed by atoms with E-state index in [0.717, 1.165) is 48.6 Å². The fourth-order valence-corrected chi connectivity index (χ4v) is 2.90. The van der Waals surface area contributed by atoms with Gasteiger partial charge in [0.15, 0.2) is 17.5 Å². The van der Waals surface area contributed by atoms with Crippen molar-refractivity contribution in [2.75, 3.05) is 33.4 Å². The first-order valence-corrected chi connectivity index (χ1v) is 9.00. The van der Waals surface area contributed by atoms with Gasteiger partial charge in [-0.2, -0.15) is 0 Å². The number of piperidine rings is 1. The van der Waals surface area contributed by atoms with Crippen molar-refractivity contribution in [2.45, 2.75) is 40.2 Å². The number of benzene rings is 1. The van der Waals surface area contributed by atoms with E-state index < -0.39 is 0 Å². The molecule has 1 aliphatic rings. The molecule has 0 radical (unpaired) electrons. The van der Waals surface area contributed by atoms with Gasteiger partial charge in [0.2, 0.25) is 0 Å². The van der Waals surface area contributed by atoms with E-state index >= 15 is 0 Å². The van der Waals surface area contributed by atoms with E-state index in [2.05, 4.69) is 30.1 Å². The van der Waals surface area contributed by atoms with E-state index in [1.54, 1.807) is 7.11 Å². The van der Waals surface area contributed by atoms with Crippen LogP contribution in [-0.4, -0.2) is 44.2 Å². The largest absolute Gasteiger partial charge is 0.493 e. The smallest absolute Gasteiger partial charge is 0.194 e. The predicted molar refractivity (Wildman–Crippen MR) is 98.9 cm³/mol. The highest BCUT2D eigenvalue weighted by Gasteiger charge is 2.18. The number of ether oxygens (including phenoxy) is 2. The fourth-order valence-electron chi connectivity index (χ4n) is 2.90. The van der Waals surface area contributed by atoms with Gasteiger partial charge in [-0.05, 0) is 50.3 Å². The molecular weight excluding hydrogens is 302 g/mol. The molecule has 5 heteroatoms. The molecule has 1 aromatic carbocycles. The first-order valence-electron chi connectivity index (χ1n) is 9.00. The highest BCUT2D eigenvalue weighted by atomic mass is 16.5. The SMILES string of the molecule is CCNC(=NCc1ccc(OCC)c(OC)c1)N1CCC(C)CC1. The Hall–Kier alpha value is -1.91. The molecule has 0 aliphatic carbocycles. The van der Waals surface area contributed by atoms with Crippen molar-refractivity contribution in [3.8, 4) is 11.5 Å². The second-order valence-electron chi connectivity index (χ2n) is 6.26. The molecule has 0 aromatic heterocycles. The molecule has 134 valence electrons. The minimum Gasteiger partial charge on any atom is -0.493 e. The van der Waals surface area contributed by atoms with Gasteiger partial charge < -0.3 is 19.7 Å². The summed E-state index contributed by atoms with van der Waals surface area (Å²) in [6, 6.07) is 6.03. The summed E-state index contributed by atoms with van der Waals surface area (Å²) in [5.41, 5.74) is 1.12. The predicted octanol–water partition coefficient (Wildman–Crippen LogP) is 3.29. The van der Waals surface area contributed by atoms with Crippen LogP contribution in [-0.2, 0) is 6.54 Å². The van der Waals surface area contributed by atoms with Gasteiger partial charge in [-0.25, -0.2) is 4.99 Å². The molecule has 0 bridgehead atoms. The van der Waals surface area contributed by atoms with Gasteiger partial charge in [-0.3, -0.25) is 0 Å². The topological polar surface area (TPSA) is 46.1 Å². The summed E-state index contributed by atoms with van der Waals surface area (Å²) in [5.74, 6) is 3.38. The van der Waals surface area contributed by atoms with Crippen molar-refractivity contribution in [3.63, 3.8) is 0 Å². The normalized spacial score (nSPS) is 16.2. The summed E-state index contributed by atoms with van der Waals surface area (Å²) in [6.07, 6.45) is 2.47. The Morgan fingerprint density at radius 1 is 1.25 bits per heavy atom. The molecule has 1 saturated heterocycles. The molecule has 0 unspecified atom stereocenters. The number of methoxy groups -OCH3 is 1. The first kappa shape index (κ1) is 18.4. The summed E-state index contributed by atoms with van der Waals surface area (Å²) in [7, 11) is 1.67. The maximum absolute atomic E-state index is 5.57. The van der Waals surface area contributed by atoms with Crippen molar-refractivity contribution < 1.29 is 9.47 Å². The third kappa shape index (κ3) is 5.05. The second-order valence-corrected chi connectivity index (χ2v) is 6.26. The molecular formula is C19H31N3O2. The monoisotopic (exact) mass is 333 g/mol. The van der Waals surface area contributed by atoms with Gasteiger partial charge in [-0.1, -0.05) is 13.0 Å². The molecule has 5 nitrogen and oxygen atoms in total. The van der Waals surface area contributed by atoms with Crippen LogP contribution in [0.25, 0.3) is 0 Å². The maximum atomic E-state index is 5.57. The van der Waals surface area contributed by atoms with Gasteiger partial charge in [0.05, 0.1) is 20.3 Å². The average molecular weight is 333 g/mol. The average Bonchev–Trinajstić information content (AvgIpc) is 2.60. The molecule has 1 aromatic rings. The lowest BCUT2D eigenvalue weighted by Gasteiger charge is -2.33. The number of nitrogens with one attached hydrogen (secondary N) is 1. The molecule has 1 fully saturated rings.